The average molecular weight is 401 g/mol. The van der Waals surface area contributed by atoms with Crippen molar-refractivity contribution >= 4 is 48.0 Å². The van der Waals surface area contributed by atoms with Gasteiger partial charge in [0.15, 0.2) is 0 Å². The van der Waals surface area contributed by atoms with Crippen LogP contribution in [0.1, 0.15) is 83.1 Å². The van der Waals surface area contributed by atoms with Gasteiger partial charge in [-0.15, -0.1) is 22.7 Å². The molecule has 3 heteroatoms. The first-order valence-corrected chi connectivity index (χ1v) is 11.5. The van der Waals surface area contributed by atoms with Crippen LogP contribution in [0.5, 0.6) is 0 Å². The first-order chi connectivity index (χ1) is 10.8. The summed E-state index contributed by atoms with van der Waals surface area (Å²) in [7, 11) is 0. The van der Waals surface area contributed by atoms with Crippen molar-refractivity contribution in [1.82, 2.24) is 0 Å². The second-order valence-electron chi connectivity index (χ2n) is 6.29. The Morgan fingerprint density at radius 1 is 0.727 bits per heavy atom. The number of hydrogen-bond acceptors (Lipinski definition) is 2. The van der Waals surface area contributed by atoms with E-state index < -0.39 is 0 Å². The second-order valence-corrected chi connectivity index (χ2v) is 8.90. The molecule has 0 radical (unpaired) electrons. The maximum atomic E-state index is 3.64. The SMILES string of the molecule is CCCCCCCCCCCCCc1csc2c(Br)csc12. The summed E-state index contributed by atoms with van der Waals surface area (Å²) in [5.41, 5.74) is 1.58. The molecule has 0 saturated heterocycles. The Balaban J connectivity index is 1.48. The molecule has 2 heterocycles. The van der Waals surface area contributed by atoms with Crippen molar-refractivity contribution in [2.75, 3.05) is 0 Å². The lowest BCUT2D eigenvalue weighted by atomic mass is 10.0. The van der Waals surface area contributed by atoms with E-state index in [0.29, 0.717) is 0 Å². The average Bonchev–Trinajstić information content (AvgIpc) is 3.09. The lowest BCUT2D eigenvalue weighted by molar-refractivity contribution is 0.550. The van der Waals surface area contributed by atoms with Crippen LogP contribution in [0, 0.1) is 0 Å². The highest BCUT2D eigenvalue weighted by Gasteiger charge is 2.08. The van der Waals surface area contributed by atoms with Crippen molar-refractivity contribution in [1.29, 1.82) is 0 Å². The highest BCUT2D eigenvalue weighted by Crippen LogP contribution is 2.38. The van der Waals surface area contributed by atoms with Crippen LogP contribution in [0.25, 0.3) is 9.40 Å². The quantitative estimate of drug-likeness (QED) is 0.312. The Morgan fingerprint density at radius 3 is 1.91 bits per heavy atom. The van der Waals surface area contributed by atoms with Crippen LogP contribution in [-0.4, -0.2) is 0 Å². The van der Waals surface area contributed by atoms with Crippen LogP contribution in [0.2, 0.25) is 0 Å². The molecule has 2 aromatic rings. The van der Waals surface area contributed by atoms with E-state index in [1.807, 2.05) is 22.7 Å². The fraction of sp³-hybridized carbons (Fsp3) is 0.684. The molecule has 22 heavy (non-hydrogen) atoms. The van der Waals surface area contributed by atoms with Crippen LogP contribution in [0.4, 0.5) is 0 Å². The maximum absolute atomic E-state index is 3.64. The van der Waals surface area contributed by atoms with E-state index in [-0.39, 0.29) is 0 Å². The molecule has 0 aromatic carbocycles. The minimum atomic E-state index is 1.27. The molecule has 0 spiro atoms. The zero-order valence-electron chi connectivity index (χ0n) is 13.8. The van der Waals surface area contributed by atoms with Crippen LogP contribution in [0.3, 0.4) is 0 Å². The van der Waals surface area contributed by atoms with Gasteiger partial charge in [0.25, 0.3) is 0 Å². The minimum Gasteiger partial charge on any atom is -0.141 e. The largest absolute Gasteiger partial charge is 0.141 e. The van der Waals surface area contributed by atoms with Gasteiger partial charge in [-0.25, -0.2) is 0 Å². The van der Waals surface area contributed by atoms with E-state index in [9.17, 15) is 0 Å². The van der Waals surface area contributed by atoms with Crippen LogP contribution < -0.4 is 0 Å². The van der Waals surface area contributed by atoms with E-state index in [1.54, 1.807) is 5.56 Å². The fourth-order valence-electron chi connectivity index (χ4n) is 2.99. The van der Waals surface area contributed by atoms with Crippen molar-refractivity contribution in [3.05, 3.63) is 20.8 Å². The molecule has 0 bridgehead atoms. The van der Waals surface area contributed by atoms with Gasteiger partial charge >= 0.3 is 0 Å². The van der Waals surface area contributed by atoms with Gasteiger partial charge in [0, 0.05) is 14.6 Å². The molecule has 2 aromatic heterocycles. The first kappa shape index (κ1) is 18.5. The number of unbranched alkanes of at least 4 members (excludes halogenated alkanes) is 10. The van der Waals surface area contributed by atoms with Crippen molar-refractivity contribution < 1.29 is 0 Å². The van der Waals surface area contributed by atoms with Crippen molar-refractivity contribution in [3.63, 3.8) is 0 Å². The van der Waals surface area contributed by atoms with Crippen molar-refractivity contribution in [3.8, 4) is 0 Å². The van der Waals surface area contributed by atoms with Crippen LogP contribution >= 0.6 is 38.6 Å². The van der Waals surface area contributed by atoms with E-state index in [1.165, 1.54) is 90.9 Å². The van der Waals surface area contributed by atoms with E-state index in [2.05, 4.69) is 33.6 Å². The molecule has 0 nitrogen and oxygen atoms in total. The number of thiophene rings is 2. The molecule has 124 valence electrons. The molecule has 0 aliphatic rings. The van der Waals surface area contributed by atoms with Crippen molar-refractivity contribution in [2.24, 2.45) is 0 Å². The van der Waals surface area contributed by atoms with Crippen LogP contribution in [-0.2, 0) is 6.42 Å². The van der Waals surface area contributed by atoms with Gasteiger partial charge in [-0.2, -0.15) is 0 Å². The zero-order valence-corrected chi connectivity index (χ0v) is 17.1. The Hall–Kier alpha value is 0.140. The van der Waals surface area contributed by atoms with Crippen LogP contribution in [0.15, 0.2) is 15.2 Å². The third-order valence-corrected chi connectivity index (χ3v) is 7.80. The van der Waals surface area contributed by atoms with Crippen molar-refractivity contribution in [2.45, 2.75) is 84.0 Å². The van der Waals surface area contributed by atoms with Gasteiger partial charge in [-0.05, 0) is 39.7 Å². The number of rotatable bonds is 12. The number of fused-ring (bicyclic) bond motifs is 1. The second kappa shape index (κ2) is 10.8. The van der Waals surface area contributed by atoms with Gasteiger partial charge in [-0.3, -0.25) is 0 Å². The summed E-state index contributed by atoms with van der Waals surface area (Å²) < 4.78 is 4.25. The van der Waals surface area contributed by atoms with Gasteiger partial charge in [0.1, 0.15) is 0 Å². The summed E-state index contributed by atoms with van der Waals surface area (Å²) in [6.07, 6.45) is 17.0. The molecule has 0 N–H and O–H groups in total. The highest BCUT2D eigenvalue weighted by atomic mass is 79.9. The van der Waals surface area contributed by atoms with E-state index in [0.717, 1.165) is 0 Å². The third-order valence-electron chi connectivity index (χ3n) is 4.36. The molecule has 0 atom stereocenters. The molecule has 0 aliphatic heterocycles. The Bertz CT molecular complexity index is 527. The molecule has 0 unspecified atom stereocenters. The normalized spacial score (nSPS) is 11.5. The molecule has 2 rings (SSSR count). The number of hydrogen-bond donors (Lipinski definition) is 0. The first-order valence-electron chi connectivity index (χ1n) is 8.96. The third kappa shape index (κ3) is 5.98. The fourth-order valence-corrected chi connectivity index (χ4v) is 6.10. The topological polar surface area (TPSA) is 0 Å². The lowest BCUT2D eigenvalue weighted by Gasteiger charge is -2.02. The predicted octanol–water partition coefficient (Wildman–Crippen LogP) is 8.58. The maximum Gasteiger partial charge on any atom is 0.0595 e. The zero-order chi connectivity index (χ0) is 15.6. The van der Waals surface area contributed by atoms with Gasteiger partial charge < -0.3 is 0 Å². The van der Waals surface area contributed by atoms with Gasteiger partial charge in [0.05, 0.1) is 4.70 Å². The lowest BCUT2D eigenvalue weighted by Crippen LogP contribution is -1.85. The molecular formula is C19H29BrS2. The Labute approximate surface area is 152 Å². The molecule has 0 fully saturated rings. The number of aryl methyl sites for hydroxylation is 1. The van der Waals surface area contributed by atoms with E-state index in [4.69, 9.17) is 0 Å². The summed E-state index contributed by atoms with van der Waals surface area (Å²) >= 11 is 7.42. The Morgan fingerprint density at radius 2 is 1.27 bits per heavy atom. The molecule has 0 saturated carbocycles. The summed E-state index contributed by atoms with van der Waals surface area (Å²) in [5, 5.41) is 4.59. The Kier molecular flexibility index (Phi) is 9.10. The molecule has 0 aliphatic carbocycles. The summed E-state index contributed by atoms with van der Waals surface area (Å²) in [5.74, 6) is 0. The van der Waals surface area contributed by atoms with Gasteiger partial charge in [-0.1, -0.05) is 71.1 Å². The smallest absolute Gasteiger partial charge is 0.0595 e. The number of halogens is 1. The summed E-state index contributed by atoms with van der Waals surface area (Å²) in [6.45, 7) is 2.29. The standard InChI is InChI=1S/C19H29BrS2/c1-2-3-4-5-6-7-8-9-10-11-12-13-16-14-21-19-17(20)15-22-18(16)19/h14-15H,2-13H2,1H3. The summed E-state index contributed by atoms with van der Waals surface area (Å²) in [4.78, 5) is 0. The molecular weight excluding hydrogens is 372 g/mol. The van der Waals surface area contributed by atoms with E-state index >= 15 is 0 Å². The highest BCUT2D eigenvalue weighted by molar-refractivity contribution is 9.10. The molecule has 0 amide bonds. The monoisotopic (exact) mass is 400 g/mol. The summed E-state index contributed by atoms with van der Waals surface area (Å²) in [6, 6.07) is 0. The van der Waals surface area contributed by atoms with Gasteiger partial charge in [0.2, 0.25) is 0 Å². The predicted molar refractivity (Wildman–Crippen MR) is 108 cm³/mol. The minimum absolute atomic E-state index is 1.27.